The van der Waals surface area contributed by atoms with Gasteiger partial charge < -0.3 is 9.80 Å². The van der Waals surface area contributed by atoms with Gasteiger partial charge in [-0.1, -0.05) is 115 Å². The van der Waals surface area contributed by atoms with Gasteiger partial charge in [0, 0.05) is 40.6 Å². The van der Waals surface area contributed by atoms with Crippen LogP contribution in [0, 0.1) is 0 Å². The molecule has 196 valence electrons. The van der Waals surface area contributed by atoms with Gasteiger partial charge in [0.1, 0.15) is 0 Å². The molecule has 0 radical (unpaired) electrons. The first-order chi connectivity index (χ1) is 20.3. The van der Waals surface area contributed by atoms with Crippen molar-refractivity contribution < 1.29 is 0 Å². The van der Waals surface area contributed by atoms with Crippen LogP contribution in [0.3, 0.4) is 0 Å². The molecule has 0 saturated heterocycles. The quantitative estimate of drug-likeness (QED) is 0.213. The van der Waals surface area contributed by atoms with Crippen LogP contribution >= 0.6 is 0 Å². The Hall–Kier alpha value is -5.34. The maximum atomic E-state index is 2.37. The van der Waals surface area contributed by atoms with Gasteiger partial charge >= 0.3 is 0 Å². The van der Waals surface area contributed by atoms with Gasteiger partial charge in [-0.2, -0.15) is 0 Å². The van der Waals surface area contributed by atoms with Crippen molar-refractivity contribution in [3.63, 3.8) is 0 Å². The van der Waals surface area contributed by atoms with Crippen LogP contribution in [0.25, 0.3) is 32.7 Å². The topological polar surface area (TPSA) is 6.48 Å². The number of hydrogen-bond acceptors (Lipinski definition) is 2. The van der Waals surface area contributed by atoms with Crippen LogP contribution in [-0.2, 0) is 0 Å². The minimum Gasteiger partial charge on any atom is -0.344 e. The van der Waals surface area contributed by atoms with Gasteiger partial charge in [0.05, 0.1) is 5.69 Å². The van der Waals surface area contributed by atoms with E-state index in [4.69, 9.17) is 0 Å². The number of hydrogen-bond donors (Lipinski definition) is 0. The fraction of sp³-hybridized carbons (Fsp3) is 0.0256. The van der Waals surface area contributed by atoms with Crippen molar-refractivity contribution in [2.45, 2.75) is 0 Å². The van der Waals surface area contributed by atoms with E-state index < -0.39 is 0 Å². The number of fused-ring (bicyclic) bond motifs is 2. The lowest BCUT2D eigenvalue weighted by atomic mass is 10.0. The molecular weight excluding hydrogens is 496 g/mol. The van der Waals surface area contributed by atoms with E-state index in [0.717, 1.165) is 22.7 Å². The van der Waals surface area contributed by atoms with Crippen LogP contribution in [0.5, 0.6) is 0 Å². The molecule has 0 aromatic heterocycles. The van der Waals surface area contributed by atoms with E-state index in [9.17, 15) is 0 Å². The Kier molecular flexibility index (Phi) is 6.42. The third-order valence-electron chi connectivity index (χ3n) is 7.84. The summed E-state index contributed by atoms with van der Waals surface area (Å²) in [5.74, 6) is 0. The van der Waals surface area contributed by atoms with Crippen LogP contribution < -0.4 is 9.80 Å². The second kappa shape index (κ2) is 10.7. The molecule has 7 rings (SSSR count). The van der Waals surface area contributed by atoms with Gasteiger partial charge in [-0.25, -0.2) is 0 Å². The number of rotatable bonds is 6. The van der Waals surface area contributed by atoms with E-state index in [2.05, 4.69) is 181 Å². The summed E-state index contributed by atoms with van der Waals surface area (Å²) in [5.41, 5.74) is 8.13. The number of anilines is 5. The molecule has 0 amide bonds. The minimum absolute atomic E-state index is 1.11. The molecule has 2 nitrogen and oxygen atoms in total. The fourth-order valence-corrected chi connectivity index (χ4v) is 5.75. The van der Waals surface area contributed by atoms with E-state index in [1.165, 1.54) is 38.4 Å². The van der Waals surface area contributed by atoms with E-state index in [-0.39, 0.29) is 0 Å². The smallest absolute Gasteiger partial charge is 0.0540 e. The SMILES string of the molecule is CN(c1ccc(N(c2cccc(-c3ccccc3)c2)c2cccc3ccccc23)cc1)c1cccc2ccccc12. The third kappa shape index (κ3) is 4.70. The van der Waals surface area contributed by atoms with Crippen molar-refractivity contribution >= 4 is 50.0 Å². The zero-order chi connectivity index (χ0) is 27.6. The molecule has 0 saturated carbocycles. The average Bonchev–Trinajstić information content (AvgIpc) is 3.05. The summed E-state index contributed by atoms with van der Waals surface area (Å²) in [4.78, 5) is 4.64. The summed E-state index contributed by atoms with van der Waals surface area (Å²) in [7, 11) is 2.14. The zero-order valence-corrected chi connectivity index (χ0v) is 23.0. The molecule has 0 atom stereocenters. The standard InChI is InChI=1S/C39H30N2/c1-40(38-22-10-16-30-14-5-7-20-36(30)38)33-24-26-34(27-25-33)41(39-23-11-17-31-15-6-8-21-37(31)39)35-19-9-18-32(28-35)29-12-3-2-4-13-29/h2-28H,1H3. The number of nitrogens with zero attached hydrogens (tertiary/aromatic N) is 2. The van der Waals surface area contributed by atoms with Gasteiger partial charge in [-0.3, -0.25) is 0 Å². The molecule has 0 aliphatic carbocycles. The molecule has 0 N–H and O–H groups in total. The summed E-state index contributed by atoms with van der Waals surface area (Å²) in [5, 5.41) is 4.93. The fourth-order valence-electron chi connectivity index (χ4n) is 5.75. The molecule has 7 aromatic carbocycles. The normalized spacial score (nSPS) is 11.0. The van der Waals surface area contributed by atoms with Crippen LogP contribution in [0.2, 0.25) is 0 Å². The van der Waals surface area contributed by atoms with Gasteiger partial charge in [-0.15, -0.1) is 0 Å². The Morgan fingerprint density at radius 3 is 1.59 bits per heavy atom. The summed E-state index contributed by atoms with van der Waals surface area (Å²) < 4.78 is 0. The molecule has 41 heavy (non-hydrogen) atoms. The molecule has 0 heterocycles. The predicted molar refractivity (Wildman–Crippen MR) is 176 cm³/mol. The molecule has 0 aliphatic rings. The van der Waals surface area contributed by atoms with Gasteiger partial charge in [0.15, 0.2) is 0 Å². The summed E-state index contributed by atoms with van der Waals surface area (Å²) in [6, 6.07) is 58.5. The number of benzene rings is 7. The first-order valence-electron chi connectivity index (χ1n) is 14.0. The van der Waals surface area contributed by atoms with Crippen molar-refractivity contribution in [1.82, 2.24) is 0 Å². The second-order valence-corrected chi connectivity index (χ2v) is 10.3. The highest BCUT2D eigenvalue weighted by molar-refractivity contribution is 5.99. The molecule has 0 aliphatic heterocycles. The van der Waals surface area contributed by atoms with Gasteiger partial charge in [-0.05, 0) is 70.4 Å². The lowest BCUT2D eigenvalue weighted by Gasteiger charge is -2.28. The Bertz CT molecular complexity index is 1950. The van der Waals surface area contributed by atoms with E-state index >= 15 is 0 Å². The monoisotopic (exact) mass is 526 g/mol. The predicted octanol–water partition coefficient (Wildman–Crippen LogP) is 10.9. The Balaban J connectivity index is 1.34. The van der Waals surface area contributed by atoms with Crippen molar-refractivity contribution in [2.24, 2.45) is 0 Å². The van der Waals surface area contributed by atoms with Crippen LogP contribution in [0.4, 0.5) is 28.4 Å². The van der Waals surface area contributed by atoms with Crippen molar-refractivity contribution in [2.75, 3.05) is 16.8 Å². The highest BCUT2D eigenvalue weighted by atomic mass is 15.1. The van der Waals surface area contributed by atoms with Crippen LogP contribution in [0.1, 0.15) is 0 Å². The first-order valence-corrected chi connectivity index (χ1v) is 14.0. The third-order valence-corrected chi connectivity index (χ3v) is 7.84. The second-order valence-electron chi connectivity index (χ2n) is 10.3. The van der Waals surface area contributed by atoms with E-state index in [1.54, 1.807) is 0 Å². The highest BCUT2D eigenvalue weighted by Crippen LogP contribution is 2.41. The molecule has 7 aromatic rings. The maximum absolute atomic E-state index is 2.37. The van der Waals surface area contributed by atoms with Gasteiger partial charge in [0.25, 0.3) is 0 Å². The maximum Gasteiger partial charge on any atom is 0.0540 e. The molecule has 0 fully saturated rings. The van der Waals surface area contributed by atoms with Gasteiger partial charge in [0.2, 0.25) is 0 Å². The van der Waals surface area contributed by atoms with Crippen LogP contribution in [-0.4, -0.2) is 7.05 Å². The average molecular weight is 527 g/mol. The summed E-state index contributed by atoms with van der Waals surface area (Å²) in [6.45, 7) is 0. The van der Waals surface area contributed by atoms with Crippen molar-refractivity contribution in [1.29, 1.82) is 0 Å². The largest absolute Gasteiger partial charge is 0.344 e. The molecule has 0 unspecified atom stereocenters. The Morgan fingerprint density at radius 2 is 0.878 bits per heavy atom. The lowest BCUT2D eigenvalue weighted by molar-refractivity contribution is 1.21. The lowest BCUT2D eigenvalue weighted by Crippen LogP contribution is -2.12. The molecule has 0 spiro atoms. The zero-order valence-electron chi connectivity index (χ0n) is 23.0. The molecule has 0 bridgehead atoms. The highest BCUT2D eigenvalue weighted by Gasteiger charge is 2.17. The first kappa shape index (κ1) is 24.7. The van der Waals surface area contributed by atoms with E-state index in [1.807, 2.05) is 0 Å². The minimum atomic E-state index is 1.11. The summed E-state index contributed by atoms with van der Waals surface area (Å²) >= 11 is 0. The van der Waals surface area contributed by atoms with Crippen molar-refractivity contribution in [3.05, 3.63) is 164 Å². The Labute approximate surface area is 241 Å². The molecule has 2 heteroatoms. The van der Waals surface area contributed by atoms with Crippen LogP contribution in [0.15, 0.2) is 164 Å². The van der Waals surface area contributed by atoms with Crippen molar-refractivity contribution in [3.8, 4) is 11.1 Å². The van der Waals surface area contributed by atoms with E-state index in [0.29, 0.717) is 0 Å². The molecular formula is C39H30N2. The summed E-state index contributed by atoms with van der Waals surface area (Å²) in [6.07, 6.45) is 0. The Morgan fingerprint density at radius 1 is 0.366 bits per heavy atom.